The van der Waals surface area contributed by atoms with Gasteiger partial charge in [-0.1, -0.05) is 12.1 Å². The Labute approximate surface area is 167 Å². The lowest BCUT2D eigenvalue weighted by Crippen LogP contribution is -2.30. The molecule has 1 amide bonds. The van der Waals surface area contributed by atoms with Crippen molar-refractivity contribution >= 4 is 5.91 Å². The SMILES string of the molecule is COc1ccc(C(O)CNC(=O)c2cnn(-c3ccc(=O)[nH]n3)c2C(F)(F)F)cc1. The summed E-state index contributed by atoms with van der Waals surface area (Å²) >= 11 is 0. The van der Waals surface area contributed by atoms with Crippen molar-refractivity contribution in [1.29, 1.82) is 0 Å². The van der Waals surface area contributed by atoms with Gasteiger partial charge in [0.1, 0.15) is 5.75 Å². The third kappa shape index (κ3) is 4.49. The van der Waals surface area contributed by atoms with Crippen LogP contribution < -0.4 is 15.6 Å². The lowest BCUT2D eigenvalue weighted by atomic mass is 10.1. The van der Waals surface area contributed by atoms with Gasteiger partial charge in [-0.15, -0.1) is 0 Å². The van der Waals surface area contributed by atoms with E-state index in [4.69, 9.17) is 4.74 Å². The summed E-state index contributed by atoms with van der Waals surface area (Å²) < 4.78 is 46.2. The number of halogens is 3. The van der Waals surface area contributed by atoms with E-state index in [0.717, 1.165) is 18.3 Å². The van der Waals surface area contributed by atoms with Crippen LogP contribution in [0.1, 0.15) is 27.7 Å². The summed E-state index contributed by atoms with van der Waals surface area (Å²) in [5.41, 5.74) is -2.28. The molecule has 0 aliphatic carbocycles. The van der Waals surface area contributed by atoms with E-state index in [0.29, 0.717) is 16.0 Å². The monoisotopic (exact) mass is 423 g/mol. The van der Waals surface area contributed by atoms with Crippen LogP contribution in [0, 0.1) is 0 Å². The number of rotatable bonds is 6. The number of hydrogen-bond donors (Lipinski definition) is 3. The van der Waals surface area contributed by atoms with E-state index in [1.54, 1.807) is 24.3 Å². The number of aliphatic hydroxyl groups excluding tert-OH is 1. The van der Waals surface area contributed by atoms with Crippen molar-refractivity contribution in [2.75, 3.05) is 13.7 Å². The standard InChI is InChI=1S/C18H16F3N5O4/c1-30-11-4-2-10(3-5-11)13(27)9-22-17(29)12-8-23-26(16(12)18(19,20)21)14-6-7-15(28)25-24-14/h2-8,13,27H,9H2,1H3,(H,22,29)(H,25,28). The Balaban J connectivity index is 1.81. The number of carbonyl (C=O) groups excluding carboxylic acids is 1. The van der Waals surface area contributed by atoms with Gasteiger partial charge in [0.15, 0.2) is 11.5 Å². The van der Waals surface area contributed by atoms with Crippen LogP contribution in [-0.4, -0.2) is 44.6 Å². The number of alkyl halides is 3. The first-order valence-corrected chi connectivity index (χ1v) is 8.52. The molecule has 0 radical (unpaired) electrons. The van der Waals surface area contributed by atoms with Crippen LogP contribution in [0.5, 0.6) is 5.75 Å². The number of amides is 1. The number of carbonyl (C=O) groups is 1. The van der Waals surface area contributed by atoms with Crippen LogP contribution in [0.4, 0.5) is 13.2 Å². The molecule has 3 N–H and O–H groups in total. The Bertz CT molecular complexity index is 1070. The molecule has 158 valence electrons. The molecule has 1 atom stereocenters. The van der Waals surface area contributed by atoms with E-state index < -0.39 is 35.0 Å². The number of ether oxygens (including phenoxy) is 1. The van der Waals surface area contributed by atoms with Gasteiger partial charge in [0.2, 0.25) is 0 Å². The van der Waals surface area contributed by atoms with Gasteiger partial charge in [0.25, 0.3) is 11.5 Å². The molecule has 0 spiro atoms. The minimum absolute atomic E-state index is 0.320. The number of aliphatic hydroxyl groups is 1. The quantitative estimate of drug-likeness (QED) is 0.552. The van der Waals surface area contributed by atoms with Gasteiger partial charge >= 0.3 is 6.18 Å². The van der Waals surface area contributed by atoms with E-state index in [-0.39, 0.29) is 12.4 Å². The Morgan fingerprint density at radius 1 is 1.27 bits per heavy atom. The molecule has 0 saturated heterocycles. The zero-order valence-corrected chi connectivity index (χ0v) is 15.5. The highest BCUT2D eigenvalue weighted by atomic mass is 19.4. The number of H-pyrrole nitrogens is 1. The molecule has 0 saturated carbocycles. The van der Waals surface area contributed by atoms with Crippen LogP contribution in [-0.2, 0) is 6.18 Å². The van der Waals surface area contributed by atoms with Crippen LogP contribution >= 0.6 is 0 Å². The summed E-state index contributed by atoms with van der Waals surface area (Å²) in [6.45, 7) is -0.329. The lowest BCUT2D eigenvalue weighted by Gasteiger charge is -2.14. The molecule has 0 bridgehead atoms. The molecule has 3 rings (SSSR count). The predicted molar refractivity (Wildman–Crippen MR) is 97.3 cm³/mol. The third-order valence-electron chi connectivity index (χ3n) is 4.12. The lowest BCUT2D eigenvalue weighted by molar-refractivity contribution is -0.143. The van der Waals surface area contributed by atoms with Crippen molar-refractivity contribution in [2.24, 2.45) is 0 Å². The highest BCUT2D eigenvalue weighted by molar-refractivity contribution is 5.95. The van der Waals surface area contributed by atoms with Crippen LogP contribution in [0.2, 0.25) is 0 Å². The predicted octanol–water partition coefficient (Wildman–Crippen LogP) is 1.45. The Morgan fingerprint density at radius 2 is 1.97 bits per heavy atom. The largest absolute Gasteiger partial charge is 0.497 e. The van der Waals surface area contributed by atoms with Crippen molar-refractivity contribution in [3.8, 4) is 11.6 Å². The average molecular weight is 423 g/mol. The maximum absolute atomic E-state index is 13.6. The first-order chi connectivity index (χ1) is 14.2. The van der Waals surface area contributed by atoms with Gasteiger partial charge < -0.3 is 15.2 Å². The normalized spacial score (nSPS) is 12.4. The summed E-state index contributed by atoms with van der Waals surface area (Å²) in [7, 11) is 1.48. The van der Waals surface area contributed by atoms with E-state index >= 15 is 0 Å². The molecule has 2 aromatic heterocycles. The molecule has 30 heavy (non-hydrogen) atoms. The molecule has 1 unspecified atom stereocenters. The average Bonchev–Trinajstić information content (AvgIpc) is 3.18. The van der Waals surface area contributed by atoms with Crippen molar-refractivity contribution in [3.05, 3.63) is 69.8 Å². The second-order valence-corrected chi connectivity index (χ2v) is 6.09. The smallest absolute Gasteiger partial charge is 0.434 e. The van der Waals surface area contributed by atoms with Gasteiger partial charge in [-0.2, -0.15) is 23.4 Å². The fourth-order valence-corrected chi connectivity index (χ4v) is 2.64. The van der Waals surface area contributed by atoms with E-state index in [1.807, 2.05) is 5.10 Å². The third-order valence-corrected chi connectivity index (χ3v) is 4.12. The van der Waals surface area contributed by atoms with Crippen LogP contribution in [0.15, 0.2) is 47.4 Å². The molecule has 1 aromatic carbocycles. The Morgan fingerprint density at radius 3 is 2.53 bits per heavy atom. The summed E-state index contributed by atoms with van der Waals surface area (Å²) in [6.07, 6.45) is -5.34. The first-order valence-electron chi connectivity index (χ1n) is 8.52. The maximum atomic E-state index is 13.6. The van der Waals surface area contributed by atoms with Gasteiger partial charge in [0.05, 0.1) is 25.0 Å². The Kier molecular flexibility index (Phi) is 5.87. The van der Waals surface area contributed by atoms with Gasteiger partial charge in [-0.25, -0.2) is 9.78 Å². The molecule has 0 aliphatic rings. The molecule has 0 aliphatic heterocycles. The van der Waals surface area contributed by atoms with Gasteiger partial charge in [-0.05, 0) is 23.8 Å². The molecule has 12 heteroatoms. The minimum Gasteiger partial charge on any atom is -0.497 e. The summed E-state index contributed by atoms with van der Waals surface area (Å²) in [5.74, 6) is -0.835. The molecular formula is C18H16F3N5O4. The van der Waals surface area contributed by atoms with Gasteiger partial charge in [0, 0.05) is 12.6 Å². The van der Waals surface area contributed by atoms with Gasteiger partial charge in [-0.3, -0.25) is 9.59 Å². The highest BCUT2D eigenvalue weighted by Crippen LogP contribution is 2.33. The Hall–Kier alpha value is -3.67. The number of benzene rings is 1. The maximum Gasteiger partial charge on any atom is 0.434 e. The number of aromatic amines is 1. The van der Waals surface area contributed by atoms with Crippen molar-refractivity contribution < 1.29 is 27.8 Å². The second-order valence-electron chi connectivity index (χ2n) is 6.09. The summed E-state index contributed by atoms with van der Waals surface area (Å²) in [6, 6.07) is 8.35. The van der Waals surface area contributed by atoms with E-state index in [1.165, 1.54) is 7.11 Å². The molecule has 9 nitrogen and oxygen atoms in total. The number of nitrogens with one attached hydrogen (secondary N) is 2. The topological polar surface area (TPSA) is 122 Å². The summed E-state index contributed by atoms with van der Waals surface area (Å²) in [5, 5.41) is 21.5. The molecule has 3 aromatic rings. The van der Waals surface area contributed by atoms with Crippen LogP contribution in [0.25, 0.3) is 5.82 Å². The number of aromatic nitrogens is 4. The first kappa shape index (κ1) is 21.0. The van der Waals surface area contributed by atoms with E-state index in [2.05, 4.69) is 15.5 Å². The zero-order valence-electron chi connectivity index (χ0n) is 15.5. The van der Waals surface area contributed by atoms with Crippen molar-refractivity contribution in [3.63, 3.8) is 0 Å². The second kappa shape index (κ2) is 8.37. The van der Waals surface area contributed by atoms with Crippen molar-refractivity contribution in [2.45, 2.75) is 12.3 Å². The fourth-order valence-electron chi connectivity index (χ4n) is 2.64. The van der Waals surface area contributed by atoms with Crippen molar-refractivity contribution in [1.82, 2.24) is 25.3 Å². The summed E-state index contributed by atoms with van der Waals surface area (Å²) in [4.78, 5) is 23.5. The molecule has 2 heterocycles. The zero-order chi connectivity index (χ0) is 21.9. The number of nitrogens with zero attached hydrogens (tertiary/aromatic N) is 3. The van der Waals surface area contributed by atoms with E-state index in [9.17, 15) is 27.9 Å². The molecular weight excluding hydrogens is 407 g/mol. The highest BCUT2D eigenvalue weighted by Gasteiger charge is 2.41. The molecule has 0 fully saturated rings. The van der Waals surface area contributed by atoms with Crippen LogP contribution in [0.3, 0.4) is 0 Å². The fraction of sp³-hybridized carbons (Fsp3) is 0.222. The number of hydrogen-bond acceptors (Lipinski definition) is 6. The minimum atomic E-state index is -4.93. The number of methoxy groups -OCH3 is 1.